The molecule has 0 spiro atoms. The van der Waals surface area contributed by atoms with Crippen molar-refractivity contribution in [1.29, 1.82) is 5.26 Å². The fourth-order valence-corrected chi connectivity index (χ4v) is 10.5. The maximum atomic E-state index is 9.23. The van der Waals surface area contributed by atoms with Crippen molar-refractivity contribution < 1.29 is 0 Å². The van der Waals surface area contributed by atoms with Crippen LogP contribution in [0, 0.1) is 23.2 Å². The summed E-state index contributed by atoms with van der Waals surface area (Å²) >= 11 is 0. The molecule has 4 aliphatic carbocycles. The summed E-state index contributed by atoms with van der Waals surface area (Å²) in [6.45, 7) is 0. The van der Waals surface area contributed by atoms with E-state index >= 15 is 0 Å². The van der Waals surface area contributed by atoms with Crippen LogP contribution in [-0.4, -0.2) is 15.0 Å². The molecule has 6 aromatic carbocycles. The van der Waals surface area contributed by atoms with Gasteiger partial charge in [-0.1, -0.05) is 146 Å². The van der Waals surface area contributed by atoms with Gasteiger partial charge in [-0.15, -0.1) is 0 Å². The van der Waals surface area contributed by atoms with E-state index in [9.17, 15) is 5.26 Å². The highest BCUT2D eigenvalue weighted by molar-refractivity contribution is 5.71. The van der Waals surface area contributed by atoms with Gasteiger partial charge in [-0.05, 0) is 107 Å². The van der Waals surface area contributed by atoms with E-state index in [1.54, 1.807) is 0 Å². The Morgan fingerprint density at radius 2 is 0.741 bits per heavy atom. The Hall–Kier alpha value is -6.18. The number of hydrogen-bond donors (Lipinski definition) is 0. The van der Waals surface area contributed by atoms with Crippen molar-refractivity contribution in [1.82, 2.24) is 15.0 Å². The second-order valence-corrected chi connectivity index (χ2v) is 16.0. The maximum absolute atomic E-state index is 9.23. The topological polar surface area (TPSA) is 62.5 Å². The van der Waals surface area contributed by atoms with Gasteiger partial charge in [0.15, 0.2) is 17.5 Å². The average molecular weight is 697 g/mol. The zero-order chi connectivity index (χ0) is 36.1. The molecule has 0 saturated heterocycles. The monoisotopic (exact) mass is 696 g/mol. The Bertz CT molecular complexity index is 2470. The van der Waals surface area contributed by atoms with Crippen LogP contribution < -0.4 is 0 Å². The zero-order valence-electron chi connectivity index (χ0n) is 30.2. The summed E-state index contributed by atoms with van der Waals surface area (Å²) in [7, 11) is 0. The van der Waals surface area contributed by atoms with Crippen LogP contribution in [0.3, 0.4) is 0 Å². The fourth-order valence-electron chi connectivity index (χ4n) is 10.5. The van der Waals surface area contributed by atoms with E-state index in [1.165, 1.54) is 66.3 Å². The molecule has 4 fully saturated rings. The smallest absolute Gasteiger partial charge is 0.164 e. The number of nitriles is 1. The van der Waals surface area contributed by atoms with Crippen molar-refractivity contribution in [3.63, 3.8) is 0 Å². The lowest BCUT2D eigenvalue weighted by atomic mass is 9.41. The predicted molar refractivity (Wildman–Crippen MR) is 216 cm³/mol. The molecule has 7 aromatic rings. The van der Waals surface area contributed by atoms with E-state index in [1.807, 2.05) is 36.4 Å². The molecule has 54 heavy (non-hydrogen) atoms. The van der Waals surface area contributed by atoms with Crippen LogP contribution in [0.2, 0.25) is 0 Å². The highest BCUT2D eigenvalue weighted by Gasteiger charge is 2.58. The number of nitrogens with zero attached hydrogens (tertiary/aromatic N) is 4. The summed E-state index contributed by atoms with van der Waals surface area (Å²) < 4.78 is 0. The fraction of sp³-hybridized carbons (Fsp3) is 0.200. The van der Waals surface area contributed by atoms with Crippen molar-refractivity contribution in [3.05, 3.63) is 174 Å². The van der Waals surface area contributed by atoms with Crippen LogP contribution in [0.1, 0.15) is 55.2 Å². The van der Waals surface area contributed by atoms with Crippen LogP contribution in [0.4, 0.5) is 0 Å². The minimum Gasteiger partial charge on any atom is -0.208 e. The van der Waals surface area contributed by atoms with Gasteiger partial charge >= 0.3 is 0 Å². The Kier molecular flexibility index (Phi) is 7.84. The van der Waals surface area contributed by atoms with Gasteiger partial charge in [0, 0.05) is 16.7 Å². The Morgan fingerprint density at radius 3 is 1.19 bits per heavy atom. The second kappa shape index (κ2) is 13.0. The summed E-state index contributed by atoms with van der Waals surface area (Å²) in [5.74, 6) is 3.58. The van der Waals surface area contributed by atoms with Crippen LogP contribution in [-0.2, 0) is 10.8 Å². The molecule has 0 aliphatic heterocycles. The van der Waals surface area contributed by atoms with Gasteiger partial charge in [-0.3, -0.25) is 0 Å². The first-order chi connectivity index (χ1) is 26.5. The minimum atomic E-state index is 0.189. The molecule has 1 aromatic heterocycles. The first-order valence-electron chi connectivity index (χ1n) is 19.2. The van der Waals surface area contributed by atoms with Gasteiger partial charge in [0.05, 0.1) is 11.6 Å². The van der Waals surface area contributed by atoms with E-state index in [0.717, 1.165) is 34.1 Å². The molecule has 4 bridgehead atoms. The first-order valence-corrected chi connectivity index (χ1v) is 19.2. The number of rotatable bonds is 7. The molecule has 0 N–H and O–H groups in total. The summed E-state index contributed by atoms with van der Waals surface area (Å²) in [6, 6.07) is 58.0. The van der Waals surface area contributed by atoms with Gasteiger partial charge in [-0.2, -0.15) is 5.26 Å². The molecule has 1 heterocycles. The Morgan fingerprint density at radius 1 is 0.407 bits per heavy atom. The molecule has 4 aliphatic rings. The highest BCUT2D eigenvalue weighted by atomic mass is 15.0. The normalized spacial score (nSPS) is 22.5. The van der Waals surface area contributed by atoms with Crippen LogP contribution in [0.5, 0.6) is 0 Å². The number of aromatic nitrogens is 3. The van der Waals surface area contributed by atoms with Crippen LogP contribution in [0.15, 0.2) is 158 Å². The lowest BCUT2D eigenvalue weighted by molar-refractivity contribution is -0.0281. The first kappa shape index (κ1) is 32.5. The molecule has 4 heteroatoms. The second-order valence-electron chi connectivity index (χ2n) is 16.0. The molecule has 11 rings (SSSR count). The SMILES string of the molecule is N#Cc1ccc(-c2ccc(C34CC5CC(C3)CC(c3ccc(-c6nc(-c7ccccc7)nc(-c7ccc(-c8ccccc8)cc7)n6)cc3)(C5)C4)cc2)cc1. The molecule has 0 radical (unpaired) electrons. The van der Waals surface area contributed by atoms with E-state index in [-0.39, 0.29) is 10.8 Å². The summed E-state index contributed by atoms with van der Waals surface area (Å²) in [6.07, 6.45) is 7.72. The van der Waals surface area contributed by atoms with Crippen molar-refractivity contribution in [2.24, 2.45) is 11.8 Å². The van der Waals surface area contributed by atoms with E-state index < -0.39 is 0 Å². The van der Waals surface area contributed by atoms with E-state index in [4.69, 9.17) is 15.0 Å². The third-order valence-corrected chi connectivity index (χ3v) is 12.6. The molecular weight excluding hydrogens is 657 g/mol. The lowest BCUT2D eigenvalue weighted by Gasteiger charge is -2.63. The average Bonchev–Trinajstić information content (AvgIpc) is 3.24. The van der Waals surface area contributed by atoms with Crippen molar-refractivity contribution in [2.75, 3.05) is 0 Å². The summed E-state index contributed by atoms with van der Waals surface area (Å²) in [5.41, 5.74) is 11.7. The number of benzene rings is 6. The van der Waals surface area contributed by atoms with Gasteiger partial charge in [0.1, 0.15) is 0 Å². The molecule has 260 valence electrons. The van der Waals surface area contributed by atoms with Gasteiger partial charge in [0.25, 0.3) is 0 Å². The van der Waals surface area contributed by atoms with Crippen molar-refractivity contribution in [2.45, 2.75) is 49.4 Å². The van der Waals surface area contributed by atoms with Crippen molar-refractivity contribution in [3.8, 4) is 62.5 Å². The lowest BCUT2D eigenvalue weighted by Crippen LogP contribution is -2.55. The van der Waals surface area contributed by atoms with Gasteiger partial charge in [0.2, 0.25) is 0 Å². The minimum absolute atomic E-state index is 0.189. The van der Waals surface area contributed by atoms with Crippen molar-refractivity contribution >= 4 is 0 Å². The van der Waals surface area contributed by atoms with E-state index in [2.05, 4.69) is 127 Å². The zero-order valence-corrected chi connectivity index (χ0v) is 30.2. The Balaban J connectivity index is 0.963. The third-order valence-electron chi connectivity index (χ3n) is 12.6. The molecule has 0 amide bonds. The van der Waals surface area contributed by atoms with Gasteiger partial charge < -0.3 is 0 Å². The maximum Gasteiger partial charge on any atom is 0.164 e. The summed E-state index contributed by atoms with van der Waals surface area (Å²) in [4.78, 5) is 15.1. The highest BCUT2D eigenvalue weighted by Crippen LogP contribution is 2.66. The predicted octanol–water partition coefficient (Wildman–Crippen LogP) is 11.9. The molecule has 4 nitrogen and oxygen atoms in total. The quantitative estimate of drug-likeness (QED) is 0.166. The number of hydrogen-bond acceptors (Lipinski definition) is 4. The largest absolute Gasteiger partial charge is 0.208 e. The van der Waals surface area contributed by atoms with Crippen LogP contribution in [0.25, 0.3) is 56.4 Å². The molecular formula is C50H40N4. The third kappa shape index (κ3) is 5.81. The standard InChI is InChI=1S/C50H40N4/c51-32-34-11-13-38(14-12-34)40-19-23-44(24-20-40)49-28-35-27-36(29-49)31-50(30-35,33-49)45-25-21-43(22-26-45)48-53-46(41-9-5-2-6-10-41)52-47(54-48)42-17-15-39(16-18-42)37-7-3-1-4-8-37/h1-26,35-36H,27-31,33H2. The van der Waals surface area contributed by atoms with Crippen LogP contribution >= 0.6 is 0 Å². The summed E-state index contributed by atoms with van der Waals surface area (Å²) in [5, 5.41) is 9.23. The Labute approximate surface area is 317 Å². The van der Waals surface area contributed by atoms with Gasteiger partial charge in [-0.25, -0.2) is 15.0 Å². The molecule has 2 unspecified atom stereocenters. The molecule has 2 atom stereocenters. The van der Waals surface area contributed by atoms with E-state index in [0.29, 0.717) is 23.0 Å². The molecule has 4 saturated carbocycles.